The van der Waals surface area contributed by atoms with Crippen molar-refractivity contribution in [3.8, 4) is 5.75 Å². The Morgan fingerprint density at radius 3 is 2.88 bits per heavy atom. The lowest BCUT2D eigenvalue weighted by molar-refractivity contribution is -0.121. The molecule has 4 heteroatoms. The third kappa shape index (κ3) is 3.90. The number of hydrogen-bond acceptors (Lipinski definition) is 3. The molecular formula is C13H17NO3. The van der Waals surface area contributed by atoms with Crippen molar-refractivity contribution in [2.75, 3.05) is 13.2 Å². The first kappa shape index (κ1) is 13.2. The van der Waals surface area contributed by atoms with Crippen LogP contribution in [0.5, 0.6) is 5.75 Å². The van der Waals surface area contributed by atoms with Gasteiger partial charge in [-0.15, -0.1) is 0 Å². The summed E-state index contributed by atoms with van der Waals surface area (Å²) in [5.74, 6) is 0.514. The number of ether oxygens (including phenoxy) is 1. The lowest BCUT2D eigenvalue weighted by Crippen LogP contribution is -2.24. The van der Waals surface area contributed by atoms with E-state index in [9.17, 15) is 9.59 Å². The minimum atomic E-state index is -0.0475. The third-order valence-corrected chi connectivity index (χ3v) is 2.32. The molecule has 0 atom stereocenters. The van der Waals surface area contributed by atoms with Crippen LogP contribution < -0.4 is 10.1 Å². The Bertz CT molecular complexity index is 402. The van der Waals surface area contributed by atoms with Gasteiger partial charge in [-0.2, -0.15) is 0 Å². The van der Waals surface area contributed by atoms with Crippen LogP contribution in [0.4, 0.5) is 0 Å². The maximum Gasteiger partial charge on any atom is 0.223 e. The molecule has 0 saturated carbocycles. The predicted molar refractivity (Wildman–Crippen MR) is 65.4 cm³/mol. The summed E-state index contributed by atoms with van der Waals surface area (Å²) in [5, 5.41) is 2.69. The van der Waals surface area contributed by atoms with E-state index >= 15 is 0 Å². The van der Waals surface area contributed by atoms with Crippen molar-refractivity contribution in [1.29, 1.82) is 0 Å². The van der Waals surface area contributed by atoms with Gasteiger partial charge in [0.2, 0.25) is 5.91 Å². The Hall–Kier alpha value is -1.84. The molecule has 1 aromatic carbocycles. The van der Waals surface area contributed by atoms with Gasteiger partial charge in [-0.05, 0) is 25.5 Å². The van der Waals surface area contributed by atoms with Crippen molar-refractivity contribution in [2.45, 2.75) is 20.3 Å². The number of para-hydroxylation sites is 1. The van der Waals surface area contributed by atoms with Crippen LogP contribution in [0.25, 0.3) is 0 Å². The number of aldehydes is 1. The van der Waals surface area contributed by atoms with E-state index in [1.807, 2.05) is 19.9 Å². The number of aryl methyl sites for hydroxylation is 1. The third-order valence-electron chi connectivity index (χ3n) is 2.32. The first-order chi connectivity index (χ1) is 8.19. The summed E-state index contributed by atoms with van der Waals surface area (Å²) in [6.07, 6.45) is 1.05. The van der Waals surface area contributed by atoms with E-state index in [0.717, 1.165) is 11.8 Å². The molecule has 1 amide bonds. The summed E-state index contributed by atoms with van der Waals surface area (Å²) in [5.41, 5.74) is 1.41. The van der Waals surface area contributed by atoms with Gasteiger partial charge in [0.05, 0.1) is 18.6 Å². The fourth-order valence-electron chi connectivity index (χ4n) is 1.50. The molecule has 1 N–H and O–H groups in total. The zero-order chi connectivity index (χ0) is 12.7. The van der Waals surface area contributed by atoms with Crippen molar-refractivity contribution in [3.63, 3.8) is 0 Å². The van der Waals surface area contributed by atoms with E-state index < -0.39 is 0 Å². The molecular weight excluding hydrogens is 218 g/mol. The van der Waals surface area contributed by atoms with Crippen LogP contribution >= 0.6 is 0 Å². The SMILES string of the molecule is CCNC(=O)CCOc1c(C)cccc1C=O. The van der Waals surface area contributed by atoms with Crippen molar-refractivity contribution >= 4 is 12.2 Å². The minimum absolute atomic E-state index is 0.0475. The Morgan fingerprint density at radius 1 is 1.47 bits per heavy atom. The summed E-state index contributed by atoms with van der Waals surface area (Å²) in [6.45, 7) is 4.62. The van der Waals surface area contributed by atoms with Crippen molar-refractivity contribution in [1.82, 2.24) is 5.32 Å². The molecule has 0 aromatic heterocycles. The highest BCUT2D eigenvalue weighted by Gasteiger charge is 2.07. The van der Waals surface area contributed by atoms with Crippen LogP contribution in [0.3, 0.4) is 0 Å². The Morgan fingerprint density at radius 2 is 2.24 bits per heavy atom. The van der Waals surface area contributed by atoms with E-state index in [1.165, 1.54) is 0 Å². The highest BCUT2D eigenvalue weighted by Crippen LogP contribution is 2.21. The van der Waals surface area contributed by atoms with Crippen LogP contribution in [-0.4, -0.2) is 25.3 Å². The molecule has 0 spiro atoms. The fourth-order valence-corrected chi connectivity index (χ4v) is 1.50. The van der Waals surface area contributed by atoms with Crippen LogP contribution in [0, 0.1) is 6.92 Å². The van der Waals surface area contributed by atoms with Gasteiger partial charge in [0.25, 0.3) is 0 Å². The smallest absolute Gasteiger partial charge is 0.223 e. The number of amides is 1. The standard InChI is InChI=1S/C13H17NO3/c1-3-14-12(16)7-8-17-13-10(2)5-4-6-11(13)9-15/h4-6,9H,3,7-8H2,1-2H3,(H,14,16). The molecule has 0 unspecified atom stereocenters. The second kappa shape index (κ2) is 6.68. The van der Waals surface area contributed by atoms with Crippen LogP contribution in [0.15, 0.2) is 18.2 Å². The topological polar surface area (TPSA) is 55.4 Å². The lowest BCUT2D eigenvalue weighted by atomic mass is 10.1. The lowest BCUT2D eigenvalue weighted by Gasteiger charge is -2.10. The van der Waals surface area contributed by atoms with Gasteiger partial charge in [0.1, 0.15) is 5.75 Å². The molecule has 0 heterocycles. The van der Waals surface area contributed by atoms with Gasteiger partial charge in [0, 0.05) is 6.54 Å². The number of carbonyl (C=O) groups is 2. The average Bonchev–Trinajstić information content (AvgIpc) is 2.31. The number of benzene rings is 1. The number of hydrogen-bond donors (Lipinski definition) is 1. The van der Waals surface area contributed by atoms with Gasteiger partial charge in [-0.1, -0.05) is 12.1 Å². The largest absolute Gasteiger partial charge is 0.492 e. The number of rotatable bonds is 6. The second-order valence-electron chi connectivity index (χ2n) is 3.66. The molecule has 0 aliphatic carbocycles. The molecule has 1 rings (SSSR count). The molecule has 17 heavy (non-hydrogen) atoms. The molecule has 0 saturated heterocycles. The maximum atomic E-state index is 11.2. The monoisotopic (exact) mass is 235 g/mol. The molecule has 92 valence electrons. The predicted octanol–water partition coefficient (Wildman–Crippen LogP) is 1.71. The highest BCUT2D eigenvalue weighted by atomic mass is 16.5. The molecule has 4 nitrogen and oxygen atoms in total. The summed E-state index contributed by atoms with van der Waals surface area (Å²) < 4.78 is 5.48. The Balaban J connectivity index is 2.57. The fraction of sp³-hybridized carbons (Fsp3) is 0.385. The van der Waals surface area contributed by atoms with E-state index in [1.54, 1.807) is 12.1 Å². The highest BCUT2D eigenvalue weighted by molar-refractivity contribution is 5.80. The maximum absolute atomic E-state index is 11.2. The zero-order valence-corrected chi connectivity index (χ0v) is 10.2. The summed E-state index contributed by atoms with van der Waals surface area (Å²) in [4.78, 5) is 22.0. The van der Waals surface area contributed by atoms with Gasteiger partial charge >= 0.3 is 0 Å². The Kier molecular flexibility index (Phi) is 5.20. The van der Waals surface area contributed by atoms with Crippen molar-refractivity contribution in [3.05, 3.63) is 29.3 Å². The normalized spacial score (nSPS) is 9.76. The second-order valence-corrected chi connectivity index (χ2v) is 3.66. The van der Waals surface area contributed by atoms with Crippen LogP contribution in [-0.2, 0) is 4.79 Å². The summed E-state index contributed by atoms with van der Waals surface area (Å²) in [7, 11) is 0. The zero-order valence-electron chi connectivity index (χ0n) is 10.2. The molecule has 0 bridgehead atoms. The van der Waals surface area contributed by atoms with E-state index in [4.69, 9.17) is 4.74 Å². The van der Waals surface area contributed by atoms with E-state index in [-0.39, 0.29) is 12.5 Å². The summed E-state index contributed by atoms with van der Waals surface area (Å²) >= 11 is 0. The van der Waals surface area contributed by atoms with Gasteiger partial charge in [-0.3, -0.25) is 9.59 Å². The Labute approximate surface area is 101 Å². The number of carbonyl (C=O) groups excluding carboxylic acids is 2. The minimum Gasteiger partial charge on any atom is -0.492 e. The molecule has 0 aliphatic rings. The average molecular weight is 235 g/mol. The molecule has 0 radical (unpaired) electrons. The van der Waals surface area contributed by atoms with E-state index in [2.05, 4.69) is 5.32 Å². The number of nitrogens with one attached hydrogen (secondary N) is 1. The molecule has 0 fully saturated rings. The van der Waals surface area contributed by atoms with Crippen LogP contribution in [0.1, 0.15) is 29.3 Å². The molecule has 1 aromatic rings. The van der Waals surface area contributed by atoms with Crippen LogP contribution in [0.2, 0.25) is 0 Å². The van der Waals surface area contributed by atoms with Gasteiger partial charge in [0.15, 0.2) is 6.29 Å². The van der Waals surface area contributed by atoms with Crippen molar-refractivity contribution in [2.24, 2.45) is 0 Å². The van der Waals surface area contributed by atoms with E-state index in [0.29, 0.717) is 24.3 Å². The first-order valence-electron chi connectivity index (χ1n) is 5.63. The van der Waals surface area contributed by atoms with Gasteiger partial charge in [-0.25, -0.2) is 0 Å². The summed E-state index contributed by atoms with van der Waals surface area (Å²) in [6, 6.07) is 5.37. The molecule has 0 aliphatic heterocycles. The van der Waals surface area contributed by atoms with Gasteiger partial charge < -0.3 is 10.1 Å². The quantitative estimate of drug-likeness (QED) is 0.764. The first-order valence-corrected chi connectivity index (χ1v) is 5.63. The van der Waals surface area contributed by atoms with Crippen molar-refractivity contribution < 1.29 is 14.3 Å².